The second kappa shape index (κ2) is 18.4. The molecule has 2 N–H and O–H groups in total. The Kier molecular flexibility index (Phi) is 15.0. The van der Waals surface area contributed by atoms with Gasteiger partial charge in [-0.15, -0.1) is 47.0 Å². The maximum Gasteiger partial charge on any atom is 0.127 e. The van der Waals surface area contributed by atoms with Crippen molar-refractivity contribution in [1.29, 1.82) is 0 Å². The lowest BCUT2D eigenvalue weighted by Crippen LogP contribution is -2.20. The Morgan fingerprint density at radius 2 is 0.974 bits per heavy atom. The monoisotopic (exact) mass is 646 g/mol. The summed E-state index contributed by atoms with van der Waals surface area (Å²) in [7, 11) is 0. The normalized spacial score (nSPS) is 17.8. The van der Waals surface area contributed by atoms with Gasteiger partial charge in [-0.2, -0.15) is 23.5 Å². The van der Waals surface area contributed by atoms with Gasteiger partial charge in [0.15, 0.2) is 0 Å². The van der Waals surface area contributed by atoms with Gasteiger partial charge in [-0.1, -0.05) is 0 Å². The van der Waals surface area contributed by atoms with E-state index in [0.29, 0.717) is 34.5 Å². The van der Waals surface area contributed by atoms with Crippen molar-refractivity contribution in [3.63, 3.8) is 0 Å². The molecule has 2 saturated heterocycles. The van der Waals surface area contributed by atoms with Crippen LogP contribution in [0.2, 0.25) is 0 Å². The van der Waals surface area contributed by atoms with Crippen molar-refractivity contribution >= 4 is 70.6 Å². The van der Waals surface area contributed by atoms with Gasteiger partial charge >= 0.3 is 0 Å². The van der Waals surface area contributed by atoms with Gasteiger partial charge in [-0.25, -0.2) is 0 Å². The van der Waals surface area contributed by atoms with Crippen molar-refractivity contribution in [2.24, 2.45) is 0 Å². The van der Waals surface area contributed by atoms with E-state index in [0.717, 1.165) is 20.7 Å². The molecule has 5 nitrogen and oxygen atoms in total. The van der Waals surface area contributed by atoms with E-state index in [4.69, 9.17) is 14.2 Å². The van der Waals surface area contributed by atoms with Crippen LogP contribution >= 0.6 is 70.6 Å². The zero-order valence-electron chi connectivity index (χ0n) is 22.0. The fourth-order valence-electron chi connectivity index (χ4n) is 3.77. The third-order valence-electron chi connectivity index (χ3n) is 5.77. The van der Waals surface area contributed by atoms with Gasteiger partial charge in [-0.05, 0) is 72.9 Å². The lowest BCUT2D eigenvalue weighted by molar-refractivity contribution is 0.126. The van der Waals surface area contributed by atoms with Gasteiger partial charge < -0.3 is 24.4 Å². The minimum atomic E-state index is -0.477. The number of aliphatic hydroxyl groups excluding tert-OH is 2. The smallest absolute Gasteiger partial charge is 0.127 e. The highest BCUT2D eigenvalue weighted by Crippen LogP contribution is 2.36. The number of thioether (sulfide) groups is 6. The maximum absolute atomic E-state index is 10.2. The first-order valence-electron chi connectivity index (χ1n) is 13.3. The minimum absolute atomic E-state index is 0.285. The number of aliphatic hydroxyl groups is 2. The number of ether oxygens (including phenoxy) is 3. The van der Waals surface area contributed by atoms with Crippen LogP contribution in [0.4, 0.5) is 0 Å². The van der Waals surface area contributed by atoms with E-state index in [2.05, 4.69) is 47.0 Å². The van der Waals surface area contributed by atoms with Crippen LogP contribution in [0, 0.1) is 0 Å². The molecule has 0 saturated carbocycles. The fraction of sp³-hybridized carbons (Fsp3) is 0.571. The molecule has 11 heteroatoms. The summed E-state index contributed by atoms with van der Waals surface area (Å²) in [6.45, 7) is 0.571. The first-order valence-corrected chi connectivity index (χ1v) is 19.8. The molecule has 0 bridgehead atoms. The van der Waals surface area contributed by atoms with E-state index in [1.54, 1.807) is 23.5 Å². The Hall–Kier alpha value is -0.140. The van der Waals surface area contributed by atoms with E-state index >= 15 is 0 Å². The zero-order valence-corrected chi connectivity index (χ0v) is 26.9. The van der Waals surface area contributed by atoms with E-state index in [1.807, 2.05) is 48.5 Å². The average Bonchev–Trinajstić information content (AvgIpc) is 3.68. The number of rotatable bonds is 18. The van der Waals surface area contributed by atoms with E-state index < -0.39 is 12.2 Å². The molecule has 2 aliphatic heterocycles. The standard InChI is InChI=1S/C28H38O5S6/c29-21(19-34-11-9-27-36-13-14-37-27)17-31-23-1-5-25(6-2-23)33-26-7-3-24(4-8-26)32-18-22(30)20-35-12-10-28-38-15-16-39-28/h1-8,21-22,27-30H,9-20H2. The number of hydrogen-bond donors (Lipinski definition) is 2. The van der Waals surface area contributed by atoms with Crippen molar-refractivity contribution in [1.82, 2.24) is 0 Å². The molecule has 0 spiro atoms. The summed E-state index contributed by atoms with van der Waals surface area (Å²) in [6.07, 6.45) is 1.45. The highest BCUT2D eigenvalue weighted by molar-refractivity contribution is 8.20. The quantitative estimate of drug-likeness (QED) is 0.168. The molecule has 2 atom stereocenters. The lowest BCUT2D eigenvalue weighted by atomic mass is 10.3. The number of benzene rings is 2. The predicted molar refractivity (Wildman–Crippen MR) is 177 cm³/mol. The van der Waals surface area contributed by atoms with E-state index in [1.165, 1.54) is 35.9 Å². The molecule has 0 radical (unpaired) electrons. The fourth-order valence-corrected chi connectivity index (χ4v) is 11.9. The van der Waals surface area contributed by atoms with Crippen molar-refractivity contribution < 1.29 is 24.4 Å². The summed E-state index contributed by atoms with van der Waals surface area (Å²) in [5, 5.41) is 20.4. The van der Waals surface area contributed by atoms with Crippen molar-refractivity contribution in [2.45, 2.75) is 34.2 Å². The van der Waals surface area contributed by atoms with Crippen LogP contribution in [0.25, 0.3) is 0 Å². The molecule has 2 heterocycles. The van der Waals surface area contributed by atoms with Gasteiger partial charge in [0, 0.05) is 34.5 Å². The molecule has 0 amide bonds. The Labute approximate surface area is 258 Å². The molecule has 0 aliphatic carbocycles. The number of hydrogen-bond acceptors (Lipinski definition) is 11. The SMILES string of the molecule is OC(COc1ccc(Oc2ccc(OCC(O)CSCCC3SCCS3)cc2)cc1)CSCCC1SCCS1. The Bertz CT molecular complexity index is 848. The van der Waals surface area contributed by atoms with Gasteiger partial charge in [0.2, 0.25) is 0 Å². The first kappa shape index (κ1) is 31.8. The Morgan fingerprint density at radius 1 is 0.615 bits per heavy atom. The molecule has 2 aromatic carbocycles. The van der Waals surface area contributed by atoms with Crippen LogP contribution in [-0.4, -0.2) is 90.8 Å². The predicted octanol–water partition coefficient (Wildman–Crippen LogP) is 6.82. The van der Waals surface area contributed by atoms with Crippen molar-refractivity contribution in [2.75, 3.05) is 59.2 Å². The largest absolute Gasteiger partial charge is 0.491 e. The van der Waals surface area contributed by atoms with Crippen LogP contribution < -0.4 is 14.2 Å². The van der Waals surface area contributed by atoms with Gasteiger partial charge in [0.25, 0.3) is 0 Å². The second-order valence-corrected chi connectivity index (χ2v) is 17.2. The Balaban J connectivity index is 1.06. The van der Waals surface area contributed by atoms with Gasteiger partial charge in [0.1, 0.15) is 36.2 Å². The summed E-state index contributed by atoms with van der Waals surface area (Å²) < 4.78 is 18.9. The highest BCUT2D eigenvalue weighted by atomic mass is 32.2. The molecule has 2 aliphatic rings. The highest BCUT2D eigenvalue weighted by Gasteiger charge is 2.17. The van der Waals surface area contributed by atoms with Crippen LogP contribution in [0.3, 0.4) is 0 Å². The molecule has 2 fully saturated rings. The van der Waals surface area contributed by atoms with Crippen LogP contribution in [0.5, 0.6) is 23.0 Å². The summed E-state index contributed by atoms with van der Waals surface area (Å²) in [5.41, 5.74) is 0. The topological polar surface area (TPSA) is 68.2 Å². The summed E-state index contributed by atoms with van der Waals surface area (Å²) in [4.78, 5) is 0. The van der Waals surface area contributed by atoms with Crippen LogP contribution in [0.1, 0.15) is 12.8 Å². The van der Waals surface area contributed by atoms with Crippen LogP contribution in [0.15, 0.2) is 48.5 Å². The molecule has 0 aromatic heterocycles. The molecule has 39 heavy (non-hydrogen) atoms. The second-order valence-electron chi connectivity index (χ2n) is 9.04. The maximum atomic E-state index is 10.2. The third kappa shape index (κ3) is 12.7. The molecule has 2 aromatic rings. The molecular formula is C28H38O5S6. The summed E-state index contributed by atoms with van der Waals surface area (Å²) in [5.74, 6) is 11.5. The Morgan fingerprint density at radius 3 is 1.36 bits per heavy atom. The van der Waals surface area contributed by atoms with Crippen LogP contribution in [-0.2, 0) is 0 Å². The van der Waals surface area contributed by atoms with Crippen molar-refractivity contribution in [3.8, 4) is 23.0 Å². The van der Waals surface area contributed by atoms with E-state index in [9.17, 15) is 10.2 Å². The zero-order chi connectivity index (χ0) is 27.1. The van der Waals surface area contributed by atoms with E-state index in [-0.39, 0.29) is 13.2 Å². The molecular weight excluding hydrogens is 609 g/mol. The molecule has 2 unspecified atom stereocenters. The summed E-state index contributed by atoms with van der Waals surface area (Å²) in [6, 6.07) is 14.8. The van der Waals surface area contributed by atoms with Gasteiger partial charge in [-0.3, -0.25) is 0 Å². The third-order valence-corrected chi connectivity index (χ3v) is 14.4. The lowest BCUT2D eigenvalue weighted by Gasteiger charge is -2.14. The summed E-state index contributed by atoms with van der Waals surface area (Å²) >= 11 is 11.8. The molecule has 4 rings (SSSR count). The molecule has 216 valence electrons. The van der Waals surface area contributed by atoms with Gasteiger partial charge in [0.05, 0.1) is 21.4 Å². The first-order chi connectivity index (χ1) is 19.1. The van der Waals surface area contributed by atoms with Crippen molar-refractivity contribution in [3.05, 3.63) is 48.5 Å². The average molecular weight is 647 g/mol. The minimum Gasteiger partial charge on any atom is -0.491 e.